The zero-order chi connectivity index (χ0) is 17.1. The lowest BCUT2D eigenvalue weighted by Gasteiger charge is -2.24. The van der Waals surface area contributed by atoms with E-state index in [0.29, 0.717) is 0 Å². The molecule has 1 aliphatic heterocycles. The summed E-state index contributed by atoms with van der Waals surface area (Å²) in [7, 11) is 0. The molecule has 1 unspecified atom stereocenters. The second kappa shape index (κ2) is 6.91. The largest absolute Gasteiger partial charge is 0.392 e. The van der Waals surface area contributed by atoms with Crippen molar-refractivity contribution in [3.05, 3.63) is 102 Å². The molecular formula is C22H20N2O. The van der Waals surface area contributed by atoms with Crippen LogP contribution in [-0.2, 0) is 6.61 Å². The number of aliphatic hydroxyl groups is 1. The Hall–Kier alpha value is -2.91. The van der Waals surface area contributed by atoms with E-state index in [4.69, 9.17) is 5.10 Å². The first-order valence-electron chi connectivity index (χ1n) is 8.52. The zero-order valence-electron chi connectivity index (χ0n) is 13.9. The van der Waals surface area contributed by atoms with Crippen molar-refractivity contribution in [2.75, 3.05) is 5.01 Å². The number of rotatable bonds is 4. The van der Waals surface area contributed by atoms with Gasteiger partial charge in [-0.05, 0) is 28.8 Å². The molecule has 4 rings (SSSR count). The molecule has 1 aliphatic rings. The van der Waals surface area contributed by atoms with E-state index < -0.39 is 0 Å². The maximum Gasteiger partial charge on any atom is 0.0831 e. The summed E-state index contributed by atoms with van der Waals surface area (Å²) in [5.74, 6) is 0. The molecule has 0 radical (unpaired) electrons. The summed E-state index contributed by atoms with van der Waals surface area (Å²) in [4.78, 5) is 0. The lowest BCUT2D eigenvalue weighted by atomic mass is 9.97. The summed E-state index contributed by atoms with van der Waals surface area (Å²) in [6.07, 6.45) is 0.859. The first kappa shape index (κ1) is 15.6. The third-order valence-corrected chi connectivity index (χ3v) is 4.59. The van der Waals surface area contributed by atoms with Crippen LogP contribution in [0.25, 0.3) is 0 Å². The molecular weight excluding hydrogens is 308 g/mol. The van der Waals surface area contributed by atoms with E-state index in [1.54, 1.807) is 0 Å². The highest BCUT2D eigenvalue weighted by Gasteiger charge is 2.29. The number of benzene rings is 3. The second-order valence-electron chi connectivity index (χ2n) is 6.21. The summed E-state index contributed by atoms with van der Waals surface area (Å²) in [6, 6.07) is 28.9. The minimum Gasteiger partial charge on any atom is -0.392 e. The third kappa shape index (κ3) is 3.19. The van der Waals surface area contributed by atoms with Crippen molar-refractivity contribution in [2.24, 2.45) is 5.10 Å². The maximum absolute atomic E-state index is 9.28. The van der Waals surface area contributed by atoms with E-state index in [9.17, 15) is 5.11 Å². The summed E-state index contributed by atoms with van der Waals surface area (Å²) in [6.45, 7) is 0.0686. The molecule has 3 aromatic carbocycles. The van der Waals surface area contributed by atoms with E-state index in [0.717, 1.165) is 28.9 Å². The van der Waals surface area contributed by atoms with E-state index in [2.05, 4.69) is 41.4 Å². The van der Waals surface area contributed by atoms with Gasteiger partial charge in [-0.25, -0.2) is 0 Å². The topological polar surface area (TPSA) is 35.8 Å². The molecule has 3 aromatic rings. The number of hydrazone groups is 1. The Bertz CT molecular complexity index is 858. The van der Waals surface area contributed by atoms with Crippen LogP contribution < -0.4 is 5.01 Å². The number of hydrogen-bond acceptors (Lipinski definition) is 3. The van der Waals surface area contributed by atoms with Gasteiger partial charge in [-0.3, -0.25) is 5.01 Å². The lowest BCUT2D eigenvalue weighted by molar-refractivity contribution is 0.282. The van der Waals surface area contributed by atoms with Crippen LogP contribution in [0.4, 0.5) is 5.69 Å². The third-order valence-electron chi connectivity index (χ3n) is 4.59. The van der Waals surface area contributed by atoms with E-state index in [1.165, 1.54) is 5.56 Å². The van der Waals surface area contributed by atoms with Crippen molar-refractivity contribution in [1.29, 1.82) is 0 Å². The number of anilines is 1. The van der Waals surface area contributed by atoms with Crippen molar-refractivity contribution in [1.82, 2.24) is 0 Å². The van der Waals surface area contributed by atoms with Crippen LogP contribution >= 0.6 is 0 Å². The summed E-state index contributed by atoms with van der Waals surface area (Å²) >= 11 is 0. The van der Waals surface area contributed by atoms with Gasteiger partial charge in [-0.2, -0.15) is 5.10 Å². The highest BCUT2D eigenvalue weighted by molar-refractivity contribution is 6.03. The van der Waals surface area contributed by atoms with Gasteiger partial charge >= 0.3 is 0 Å². The van der Waals surface area contributed by atoms with Crippen molar-refractivity contribution in [3.63, 3.8) is 0 Å². The number of para-hydroxylation sites is 1. The van der Waals surface area contributed by atoms with Gasteiger partial charge in [0.25, 0.3) is 0 Å². The van der Waals surface area contributed by atoms with E-state index in [-0.39, 0.29) is 12.6 Å². The van der Waals surface area contributed by atoms with Crippen LogP contribution in [0, 0.1) is 0 Å². The quantitative estimate of drug-likeness (QED) is 0.763. The number of nitrogens with zero attached hydrogens (tertiary/aromatic N) is 2. The van der Waals surface area contributed by atoms with Gasteiger partial charge in [-0.1, -0.05) is 72.8 Å². The minimum absolute atomic E-state index is 0.0686. The average Bonchev–Trinajstić information content (AvgIpc) is 3.15. The fraction of sp³-hybridized carbons (Fsp3) is 0.136. The molecule has 1 N–H and O–H groups in total. The van der Waals surface area contributed by atoms with Gasteiger partial charge in [0.1, 0.15) is 0 Å². The standard InChI is InChI=1S/C22H20N2O/c25-16-17-11-13-19(14-12-17)22-15-21(18-7-3-1-4-8-18)23-24(22)20-9-5-2-6-10-20/h1-14,22,25H,15-16H2. The second-order valence-corrected chi connectivity index (χ2v) is 6.21. The van der Waals surface area contributed by atoms with Crippen LogP contribution in [0.1, 0.15) is 29.2 Å². The highest BCUT2D eigenvalue weighted by Crippen LogP contribution is 2.36. The van der Waals surface area contributed by atoms with E-state index >= 15 is 0 Å². The van der Waals surface area contributed by atoms with Crippen LogP contribution in [0.15, 0.2) is 90.0 Å². The average molecular weight is 328 g/mol. The van der Waals surface area contributed by atoms with Crippen LogP contribution in [0.3, 0.4) is 0 Å². The molecule has 0 aliphatic carbocycles. The summed E-state index contributed by atoms with van der Waals surface area (Å²) in [5, 5.41) is 16.3. The van der Waals surface area contributed by atoms with Gasteiger partial charge in [0.15, 0.2) is 0 Å². The zero-order valence-corrected chi connectivity index (χ0v) is 13.9. The van der Waals surface area contributed by atoms with Crippen molar-refractivity contribution < 1.29 is 5.11 Å². The molecule has 3 heteroatoms. The van der Waals surface area contributed by atoms with Crippen LogP contribution in [-0.4, -0.2) is 10.8 Å². The first-order chi connectivity index (χ1) is 12.3. The molecule has 0 saturated heterocycles. The minimum atomic E-state index is 0.0686. The number of aliphatic hydroxyl groups excluding tert-OH is 1. The number of hydrogen-bond donors (Lipinski definition) is 1. The maximum atomic E-state index is 9.28. The predicted molar refractivity (Wildman–Crippen MR) is 102 cm³/mol. The predicted octanol–water partition coefficient (Wildman–Crippen LogP) is 4.53. The van der Waals surface area contributed by atoms with Crippen LogP contribution in [0.2, 0.25) is 0 Å². The molecule has 0 aromatic heterocycles. The van der Waals surface area contributed by atoms with Gasteiger partial charge in [0, 0.05) is 6.42 Å². The lowest BCUT2D eigenvalue weighted by Crippen LogP contribution is -2.18. The fourth-order valence-corrected chi connectivity index (χ4v) is 3.24. The Balaban J connectivity index is 1.72. The smallest absolute Gasteiger partial charge is 0.0831 e. The van der Waals surface area contributed by atoms with E-state index in [1.807, 2.05) is 48.5 Å². The normalized spacial score (nSPS) is 16.8. The Morgan fingerprint density at radius 3 is 2.12 bits per heavy atom. The molecule has 1 heterocycles. The molecule has 25 heavy (non-hydrogen) atoms. The Morgan fingerprint density at radius 2 is 1.48 bits per heavy atom. The fourth-order valence-electron chi connectivity index (χ4n) is 3.24. The summed E-state index contributed by atoms with van der Waals surface area (Å²) in [5.41, 5.74) is 5.48. The van der Waals surface area contributed by atoms with Crippen molar-refractivity contribution in [3.8, 4) is 0 Å². The molecule has 0 bridgehead atoms. The van der Waals surface area contributed by atoms with Crippen molar-refractivity contribution in [2.45, 2.75) is 19.1 Å². The molecule has 3 nitrogen and oxygen atoms in total. The SMILES string of the molecule is OCc1ccc(C2CC(c3ccccc3)=NN2c2ccccc2)cc1. The molecule has 0 fully saturated rings. The molecule has 0 amide bonds. The monoisotopic (exact) mass is 328 g/mol. The first-order valence-corrected chi connectivity index (χ1v) is 8.52. The van der Waals surface area contributed by atoms with Gasteiger partial charge in [-0.15, -0.1) is 0 Å². The van der Waals surface area contributed by atoms with Gasteiger partial charge in [0.05, 0.1) is 24.0 Å². The Labute approximate surface area is 147 Å². The Kier molecular flexibility index (Phi) is 4.32. The molecule has 124 valence electrons. The van der Waals surface area contributed by atoms with Gasteiger partial charge < -0.3 is 5.11 Å². The van der Waals surface area contributed by atoms with Crippen LogP contribution in [0.5, 0.6) is 0 Å². The Morgan fingerprint density at radius 1 is 0.840 bits per heavy atom. The van der Waals surface area contributed by atoms with Gasteiger partial charge in [0.2, 0.25) is 0 Å². The van der Waals surface area contributed by atoms with Crippen molar-refractivity contribution >= 4 is 11.4 Å². The molecule has 0 saturated carbocycles. The highest BCUT2D eigenvalue weighted by atomic mass is 16.3. The summed E-state index contributed by atoms with van der Waals surface area (Å²) < 4.78 is 0. The molecule has 0 spiro atoms. The molecule has 1 atom stereocenters.